The molecule has 0 saturated carbocycles. The normalized spacial score (nSPS) is 16.0. The first-order valence-electron chi connectivity index (χ1n) is 18.5. The maximum absolute atomic E-state index is 13.9. The van der Waals surface area contributed by atoms with Crippen LogP contribution >= 0.6 is 0 Å². The first kappa shape index (κ1) is 37.9. The Morgan fingerprint density at radius 3 is 2.50 bits per heavy atom. The van der Waals surface area contributed by atoms with Crippen LogP contribution in [0.1, 0.15) is 88.0 Å². The van der Waals surface area contributed by atoms with E-state index in [2.05, 4.69) is 25.9 Å². The monoisotopic (exact) mass is 732 g/mol. The van der Waals surface area contributed by atoms with Gasteiger partial charge < -0.3 is 25.6 Å². The minimum absolute atomic E-state index is 0.0570. The van der Waals surface area contributed by atoms with Gasteiger partial charge in [0.2, 0.25) is 5.91 Å². The van der Waals surface area contributed by atoms with E-state index in [1.165, 1.54) is 0 Å². The number of alkyl carbamates (subject to hydrolysis) is 1. The highest BCUT2D eigenvalue weighted by Crippen LogP contribution is 2.31. The molecule has 0 bridgehead atoms. The SMILES string of the molecule is C[C@H](NC(=O)OC(C)(C)C)C(=O)NCCCCCCN1N=C(c2ccc(NC(=O)N3Cc4ccncc4C3)cc2)CC(c2ccc3cccnc3c2)C1=O. The van der Waals surface area contributed by atoms with Gasteiger partial charge in [-0.05, 0) is 93.1 Å². The van der Waals surface area contributed by atoms with Gasteiger partial charge in [0.05, 0.1) is 17.1 Å². The molecule has 0 radical (unpaired) electrons. The number of hydrogen-bond donors (Lipinski definition) is 3. The lowest BCUT2D eigenvalue weighted by Gasteiger charge is -2.30. The van der Waals surface area contributed by atoms with Crippen LogP contribution in [0.4, 0.5) is 15.3 Å². The number of hydrogen-bond acceptors (Lipinski definition) is 8. The van der Waals surface area contributed by atoms with Crippen molar-refractivity contribution in [2.45, 2.75) is 90.4 Å². The Labute approximate surface area is 315 Å². The molecule has 54 heavy (non-hydrogen) atoms. The molecule has 4 aromatic rings. The highest BCUT2D eigenvalue weighted by molar-refractivity contribution is 6.06. The average Bonchev–Trinajstić information content (AvgIpc) is 3.59. The largest absolute Gasteiger partial charge is 0.444 e. The number of aromatic nitrogens is 2. The first-order chi connectivity index (χ1) is 25.9. The van der Waals surface area contributed by atoms with Gasteiger partial charge in [-0.25, -0.2) is 14.6 Å². The number of rotatable bonds is 12. The molecule has 2 aromatic carbocycles. The van der Waals surface area contributed by atoms with Crippen LogP contribution in [0.2, 0.25) is 0 Å². The quantitative estimate of drug-likeness (QED) is 0.141. The number of urea groups is 1. The van der Waals surface area contributed by atoms with Crippen LogP contribution in [0.25, 0.3) is 10.9 Å². The van der Waals surface area contributed by atoms with E-state index in [1.807, 2.05) is 60.7 Å². The Bertz CT molecular complexity index is 2000. The molecule has 2 aromatic heterocycles. The summed E-state index contributed by atoms with van der Waals surface area (Å²) in [5.74, 6) is -0.762. The summed E-state index contributed by atoms with van der Waals surface area (Å²) in [6.07, 6.45) is 8.27. The third-order valence-corrected chi connectivity index (χ3v) is 9.43. The Hall–Kier alpha value is -5.85. The van der Waals surface area contributed by atoms with E-state index in [0.29, 0.717) is 38.3 Å². The summed E-state index contributed by atoms with van der Waals surface area (Å²) in [7, 11) is 0. The van der Waals surface area contributed by atoms with E-state index < -0.39 is 23.7 Å². The number of amides is 5. The highest BCUT2D eigenvalue weighted by atomic mass is 16.6. The summed E-state index contributed by atoms with van der Waals surface area (Å²) in [5.41, 5.74) is 5.57. The number of benzene rings is 2. The maximum atomic E-state index is 13.9. The third kappa shape index (κ3) is 9.77. The molecule has 0 fully saturated rings. The maximum Gasteiger partial charge on any atom is 0.408 e. The van der Waals surface area contributed by atoms with Crippen molar-refractivity contribution in [1.29, 1.82) is 0 Å². The van der Waals surface area contributed by atoms with E-state index in [1.54, 1.807) is 56.2 Å². The summed E-state index contributed by atoms with van der Waals surface area (Å²) in [5, 5.41) is 15.9. The van der Waals surface area contributed by atoms with Crippen LogP contribution in [0, 0.1) is 0 Å². The Balaban J connectivity index is 1.05. The third-order valence-electron chi connectivity index (χ3n) is 9.43. The molecule has 6 rings (SSSR count). The first-order valence-corrected chi connectivity index (χ1v) is 18.5. The zero-order chi connectivity index (χ0) is 38.2. The average molecular weight is 733 g/mol. The Kier molecular flexibility index (Phi) is 11.8. The predicted molar refractivity (Wildman–Crippen MR) is 207 cm³/mol. The van der Waals surface area contributed by atoms with Gasteiger partial charge in [-0.3, -0.25) is 19.6 Å². The summed E-state index contributed by atoms with van der Waals surface area (Å²) >= 11 is 0. The number of fused-ring (bicyclic) bond motifs is 2. The van der Waals surface area contributed by atoms with Crippen molar-refractivity contribution >= 4 is 46.2 Å². The number of pyridine rings is 2. The molecule has 0 saturated heterocycles. The summed E-state index contributed by atoms with van der Waals surface area (Å²) < 4.78 is 5.22. The number of carbonyl (C=O) groups is 4. The minimum Gasteiger partial charge on any atom is -0.444 e. The fourth-order valence-corrected chi connectivity index (χ4v) is 6.56. The molecule has 2 aliphatic rings. The lowest BCUT2D eigenvalue weighted by molar-refractivity contribution is -0.133. The van der Waals surface area contributed by atoms with Gasteiger partial charge in [0.25, 0.3) is 5.91 Å². The van der Waals surface area contributed by atoms with Crippen LogP contribution in [-0.4, -0.2) is 74.3 Å². The molecule has 2 atom stereocenters. The Morgan fingerprint density at radius 1 is 0.944 bits per heavy atom. The lowest BCUT2D eigenvalue weighted by atomic mass is 9.88. The minimum atomic E-state index is -0.718. The van der Waals surface area contributed by atoms with Crippen molar-refractivity contribution in [3.63, 3.8) is 0 Å². The van der Waals surface area contributed by atoms with Crippen LogP contribution in [0.5, 0.6) is 0 Å². The molecule has 2 aliphatic heterocycles. The predicted octanol–water partition coefficient (Wildman–Crippen LogP) is 6.49. The zero-order valence-electron chi connectivity index (χ0n) is 31.3. The van der Waals surface area contributed by atoms with Crippen LogP contribution in [-0.2, 0) is 27.4 Å². The van der Waals surface area contributed by atoms with Crippen molar-refractivity contribution < 1.29 is 23.9 Å². The second kappa shape index (κ2) is 16.9. The molecule has 0 aliphatic carbocycles. The van der Waals surface area contributed by atoms with Gasteiger partial charge in [0.15, 0.2) is 0 Å². The van der Waals surface area contributed by atoms with Gasteiger partial charge in [0.1, 0.15) is 11.6 Å². The van der Waals surface area contributed by atoms with Crippen molar-refractivity contribution in [2.24, 2.45) is 5.10 Å². The second-order valence-corrected chi connectivity index (χ2v) is 14.8. The molecular weight excluding hydrogens is 685 g/mol. The fourth-order valence-electron chi connectivity index (χ4n) is 6.56. The van der Waals surface area contributed by atoms with Crippen molar-refractivity contribution in [1.82, 2.24) is 30.5 Å². The highest BCUT2D eigenvalue weighted by Gasteiger charge is 2.33. The number of unbranched alkanes of at least 4 members (excludes halogenated alkanes) is 3. The standard InChI is InChI=1S/C41H48N8O5/c1-27(45-40(53)54-41(2,3)4)37(50)44-18-7-5-6-8-21-49-38(51)34(30-12-11-28-10-9-19-43-35(28)22-30)23-36(47-49)29-13-15-33(16-14-29)46-39(52)48-25-31-17-20-42-24-32(31)26-48/h9-17,19-20,22,24,27,34H,5-8,18,21,23,25-26H2,1-4H3,(H,44,50)(H,45,53)(H,46,52)/t27-,34?/m0/s1. The number of nitrogens with zero attached hydrogens (tertiary/aromatic N) is 5. The summed E-state index contributed by atoms with van der Waals surface area (Å²) in [6, 6.07) is 18.5. The molecule has 0 spiro atoms. The molecule has 3 N–H and O–H groups in total. The number of nitrogens with one attached hydrogen (secondary N) is 3. The topological polar surface area (TPSA) is 158 Å². The number of hydrazone groups is 1. The smallest absolute Gasteiger partial charge is 0.408 e. The van der Waals surface area contributed by atoms with Crippen LogP contribution in [0.15, 0.2) is 84.4 Å². The summed E-state index contributed by atoms with van der Waals surface area (Å²) in [4.78, 5) is 61.8. The molecule has 13 heteroatoms. The van der Waals surface area contributed by atoms with E-state index in [-0.39, 0.29) is 17.8 Å². The second-order valence-electron chi connectivity index (χ2n) is 14.8. The Morgan fingerprint density at radius 2 is 1.72 bits per heavy atom. The van der Waals surface area contributed by atoms with Crippen LogP contribution < -0.4 is 16.0 Å². The summed E-state index contributed by atoms with van der Waals surface area (Å²) in [6.45, 7) is 8.90. The molecular formula is C41H48N8O5. The fraction of sp³-hybridized carbons (Fsp3) is 0.390. The molecule has 1 unspecified atom stereocenters. The van der Waals surface area contributed by atoms with Gasteiger partial charge in [0, 0.05) is 62.3 Å². The number of anilines is 1. The molecule has 282 valence electrons. The van der Waals surface area contributed by atoms with E-state index >= 15 is 0 Å². The number of ether oxygens (including phenoxy) is 1. The lowest BCUT2D eigenvalue weighted by Crippen LogP contribution is -2.46. The van der Waals surface area contributed by atoms with Crippen LogP contribution in [0.3, 0.4) is 0 Å². The van der Waals surface area contributed by atoms with Gasteiger partial charge in [-0.1, -0.05) is 43.2 Å². The van der Waals surface area contributed by atoms with E-state index in [9.17, 15) is 19.2 Å². The molecule has 13 nitrogen and oxygen atoms in total. The van der Waals surface area contributed by atoms with E-state index in [4.69, 9.17) is 9.84 Å². The van der Waals surface area contributed by atoms with Crippen molar-refractivity contribution in [3.8, 4) is 0 Å². The van der Waals surface area contributed by atoms with Gasteiger partial charge in [-0.2, -0.15) is 5.10 Å². The van der Waals surface area contributed by atoms with Crippen molar-refractivity contribution in [2.75, 3.05) is 18.4 Å². The molecule has 4 heterocycles. The number of carbonyl (C=O) groups excluding carboxylic acids is 4. The van der Waals surface area contributed by atoms with Gasteiger partial charge >= 0.3 is 12.1 Å². The van der Waals surface area contributed by atoms with Crippen molar-refractivity contribution in [3.05, 3.63) is 102 Å². The zero-order valence-corrected chi connectivity index (χ0v) is 31.3. The molecule has 5 amide bonds. The van der Waals surface area contributed by atoms with Gasteiger partial charge in [-0.15, -0.1) is 0 Å². The van der Waals surface area contributed by atoms with E-state index in [0.717, 1.165) is 64.6 Å².